The number of rotatable bonds is 7. The molecule has 1 saturated heterocycles. The average molecular weight is 550 g/mol. The molecule has 216 valence electrons. The summed E-state index contributed by atoms with van der Waals surface area (Å²) in [7, 11) is 0. The Kier molecular flexibility index (Phi) is 7.48. The van der Waals surface area contributed by atoms with Crippen molar-refractivity contribution in [2.75, 3.05) is 13.1 Å². The van der Waals surface area contributed by atoms with Crippen molar-refractivity contribution in [3.63, 3.8) is 0 Å². The molecule has 1 aromatic heterocycles. The molecule has 8 nitrogen and oxygen atoms in total. The van der Waals surface area contributed by atoms with E-state index >= 15 is 0 Å². The number of likely N-dealkylation sites (tertiary alicyclic amines) is 1. The first kappa shape index (κ1) is 28.2. The SMILES string of the molecule is CC(C)(C)OC(=O)N1C[C@@H]2C(Oc3cc(C(C)(C)NC(=O)OCc4ccccc4)cc(C4(C)CCCC4)n3)[C@@H]2C1. The molecular weight excluding hydrogens is 506 g/mol. The summed E-state index contributed by atoms with van der Waals surface area (Å²) in [4.78, 5) is 32.0. The van der Waals surface area contributed by atoms with Gasteiger partial charge in [0.1, 0.15) is 18.3 Å². The number of hydrogen-bond acceptors (Lipinski definition) is 6. The maximum absolute atomic E-state index is 12.8. The van der Waals surface area contributed by atoms with Crippen LogP contribution in [-0.4, -0.2) is 46.9 Å². The van der Waals surface area contributed by atoms with Crippen LogP contribution in [0.1, 0.15) is 84.0 Å². The van der Waals surface area contributed by atoms with E-state index in [-0.39, 0.29) is 36.1 Å². The second-order valence-corrected chi connectivity index (χ2v) is 13.5. The van der Waals surface area contributed by atoms with E-state index in [1.807, 2.05) is 71.0 Å². The lowest BCUT2D eigenvalue weighted by molar-refractivity contribution is 0.0252. The lowest BCUT2D eigenvalue weighted by atomic mass is 9.82. The first-order chi connectivity index (χ1) is 18.8. The summed E-state index contributed by atoms with van der Waals surface area (Å²) in [6.45, 7) is 13.3. The van der Waals surface area contributed by atoms with Gasteiger partial charge >= 0.3 is 12.2 Å². The summed E-state index contributed by atoms with van der Waals surface area (Å²) < 4.78 is 17.5. The molecule has 2 saturated carbocycles. The van der Waals surface area contributed by atoms with Crippen LogP contribution in [0, 0.1) is 11.8 Å². The van der Waals surface area contributed by atoms with Crippen molar-refractivity contribution in [3.8, 4) is 5.88 Å². The van der Waals surface area contributed by atoms with Crippen molar-refractivity contribution in [2.24, 2.45) is 11.8 Å². The highest BCUT2D eigenvalue weighted by Crippen LogP contribution is 2.49. The Morgan fingerprint density at radius 3 is 2.30 bits per heavy atom. The van der Waals surface area contributed by atoms with Crippen LogP contribution in [0.5, 0.6) is 5.88 Å². The second-order valence-electron chi connectivity index (χ2n) is 13.5. The summed E-state index contributed by atoms with van der Waals surface area (Å²) >= 11 is 0. The number of ether oxygens (including phenoxy) is 3. The van der Waals surface area contributed by atoms with Gasteiger partial charge in [0.2, 0.25) is 5.88 Å². The number of carbonyl (C=O) groups is 2. The third-order valence-electron chi connectivity index (χ3n) is 8.50. The molecule has 8 heteroatoms. The number of benzene rings is 1. The van der Waals surface area contributed by atoms with E-state index < -0.39 is 17.2 Å². The zero-order valence-electron chi connectivity index (χ0n) is 24.7. The van der Waals surface area contributed by atoms with Crippen LogP contribution in [0.2, 0.25) is 0 Å². The first-order valence-corrected chi connectivity index (χ1v) is 14.5. The molecule has 1 aromatic carbocycles. The third-order valence-corrected chi connectivity index (χ3v) is 8.50. The maximum Gasteiger partial charge on any atom is 0.410 e. The quantitative estimate of drug-likeness (QED) is 0.435. The fraction of sp³-hybridized carbons (Fsp3) is 0.594. The van der Waals surface area contributed by atoms with Crippen molar-refractivity contribution < 1.29 is 23.8 Å². The summed E-state index contributed by atoms with van der Waals surface area (Å²) in [5, 5.41) is 3.04. The molecule has 3 aliphatic rings. The van der Waals surface area contributed by atoms with Crippen molar-refractivity contribution in [2.45, 2.75) is 96.5 Å². The molecule has 1 aliphatic heterocycles. The summed E-state index contributed by atoms with van der Waals surface area (Å²) in [6.07, 6.45) is 3.81. The lowest BCUT2D eigenvalue weighted by Gasteiger charge is -2.30. The number of carbonyl (C=O) groups excluding carboxylic acids is 2. The highest BCUT2D eigenvalue weighted by molar-refractivity contribution is 5.69. The number of amides is 2. The van der Waals surface area contributed by atoms with E-state index in [2.05, 4.69) is 18.3 Å². The molecule has 2 aliphatic carbocycles. The zero-order valence-corrected chi connectivity index (χ0v) is 24.7. The fourth-order valence-corrected chi connectivity index (χ4v) is 6.00. The molecule has 3 fully saturated rings. The minimum atomic E-state index is -0.703. The largest absolute Gasteiger partial charge is 0.474 e. The van der Waals surface area contributed by atoms with Crippen LogP contribution in [0.3, 0.4) is 0 Å². The summed E-state index contributed by atoms with van der Waals surface area (Å²) in [5.74, 6) is 1.14. The summed E-state index contributed by atoms with van der Waals surface area (Å²) in [6, 6.07) is 13.7. The maximum atomic E-state index is 12.8. The standard InChI is InChI=1S/C32H43N3O5/c1-30(2,3)40-29(37)35-18-23-24(19-35)27(23)39-26-17-22(16-25(33-26)32(6)14-10-11-15-32)31(4,5)34-28(36)38-20-21-12-8-7-9-13-21/h7-9,12-13,16-17,23-24,27H,10-11,14-15,18-20H2,1-6H3,(H,34,36)/t23-,24+,27?. The molecule has 0 spiro atoms. The highest BCUT2D eigenvalue weighted by Gasteiger charge is 2.59. The van der Waals surface area contributed by atoms with Gasteiger partial charge in [0.15, 0.2) is 0 Å². The van der Waals surface area contributed by atoms with Gasteiger partial charge in [-0.05, 0) is 64.7 Å². The predicted octanol–water partition coefficient (Wildman–Crippen LogP) is 6.32. The first-order valence-electron chi connectivity index (χ1n) is 14.5. The van der Waals surface area contributed by atoms with Gasteiger partial charge in [-0.2, -0.15) is 0 Å². The van der Waals surface area contributed by atoms with E-state index in [4.69, 9.17) is 19.2 Å². The Bertz CT molecular complexity index is 1220. The predicted molar refractivity (Wildman–Crippen MR) is 152 cm³/mol. The lowest BCUT2D eigenvalue weighted by Crippen LogP contribution is -2.41. The van der Waals surface area contributed by atoms with Gasteiger partial charge in [-0.15, -0.1) is 0 Å². The number of piperidine rings is 1. The minimum Gasteiger partial charge on any atom is -0.474 e. The van der Waals surface area contributed by atoms with Crippen LogP contribution in [-0.2, 0) is 27.0 Å². The topological polar surface area (TPSA) is 90.0 Å². The fourth-order valence-electron chi connectivity index (χ4n) is 6.00. The molecule has 2 amide bonds. The van der Waals surface area contributed by atoms with Crippen molar-refractivity contribution in [3.05, 3.63) is 59.3 Å². The highest BCUT2D eigenvalue weighted by atomic mass is 16.6. The van der Waals surface area contributed by atoms with E-state index in [1.165, 1.54) is 12.8 Å². The number of nitrogens with one attached hydrogen (secondary N) is 1. The van der Waals surface area contributed by atoms with E-state index in [0.717, 1.165) is 29.7 Å². The number of aromatic nitrogens is 1. The Labute approximate surface area is 237 Å². The Morgan fingerprint density at radius 2 is 1.68 bits per heavy atom. The number of pyridine rings is 1. The molecule has 3 atom stereocenters. The second kappa shape index (κ2) is 10.6. The Balaban J connectivity index is 1.28. The molecule has 2 aromatic rings. The number of alkyl carbamates (subject to hydrolysis) is 1. The molecule has 0 bridgehead atoms. The molecular formula is C32H43N3O5. The van der Waals surface area contributed by atoms with Gasteiger partial charge in [-0.3, -0.25) is 0 Å². The molecule has 1 N–H and O–H groups in total. The van der Waals surface area contributed by atoms with Gasteiger partial charge in [0, 0.05) is 36.4 Å². The van der Waals surface area contributed by atoms with Crippen LogP contribution >= 0.6 is 0 Å². The van der Waals surface area contributed by atoms with Crippen molar-refractivity contribution in [1.29, 1.82) is 0 Å². The van der Waals surface area contributed by atoms with Gasteiger partial charge in [-0.25, -0.2) is 14.6 Å². The monoisotopic (exact) mass is 549 g/mol. The number of nitrogens with zero attached hydrogens (tertiary/aromatic N) is 2. The summed E-state index contributed by atoms with van der Waals surface area (Å²) in [5.41, 5.74) is 1.64. The minimum absolute atomic E-state index is 0.0229. The Morgan fingerprint density at radius 1 is 1.02 bits per heavy atom. The average Bonchev–Trinajstić information content (AvgIpc) is 3.23. The normalized spacial score (nSPS) is 23.4. The molecule has 0 radical (unpaired) electrons. The van der Waals surface area contributed by atoms with Crippen molar-refractivity contribution in [1.82, 2.24) is 15.2 Å². The molecule has 2 heterocycles. The van der Waals surface area contributed by atoms with E-state index in [9.17, 15) is 9.59 Å². The van der Waals surface area contributed by atoms with Gasteiger partial charge in [0.05, 0.1) is 11.2 Å². The van der Waals surface area contributed by atoms with Crippen LogP contribution < -0.4 is 10.1 Å². The Hall–Kier alpha value is -3.29. The van der Waals surface area contributed by atoms with Crippen LogP contribution in [0.4, 0.5) is 9.59 Å². The number of fused-ring (bicyclic) bond motifs is 1. The van der Waals surface area contributed by atoms with Gasteiger partial charge in [0.25, 0.3) is 0 Å². The van der Waals surface area contributed by atoms with E-state index in [1.54, 1.807) is 4.90 Å². The molecule has 1 unspecified atom stereocenters. The molecule has 40 heavy (non-hydrogen) atoms. The van der Waals surface area contributed by atoms with Crippen LogP contribution in [0.25, 0.3) is 0 Å². The third kappa shape index (κ3) is 6.37. The smallest absolute Gasteiger partial charge is 0.410 e. The molecule has 5 rings (SSSR count). The number of hydrogen-bond donors (Lipinski definition) is 1. The van der Waals surface area contributed by atoms with Gasteiger partial charge < -0.3 is 24.4 Å². The zero-order chi connectivity index (χ0) is 28.7. The van der Waals surface area contributed by atoms with E-state index in [0.29, 0.717) is 19.0 Å². The van der Waals surface area contributed by atoms with Crippen LogP contribution in [0.15, 0.2) is 42.5 Å². The van der Waals surface area contributed by atoms with Crippen molar-refractivity contribution >= 4 is 12.2 Å². The van der Waals surface area contributed by atoms with Gasteiger partial charge in [-0.1, -0.05) is 50.1 Å².